The lowest BCUT2D eigenvalue weighted by Crippen LogP contribution is -2.45. The fourth-order valence-electron chi connectivity index (χ4n) is 2.47. The van der Waals surface area contributed by atoms with Gasteiger partial charge in [-0.2, -0.15) is 0 Å². The number of benzene rings is 1. The monoisotopic (exact) mass is 275 g/mol. The Labute approximate surface area is 121 Å². The molecule has 0 spiro atoms. The van der Waals surface area contributed by atoms with E-state index in [-0.39, 0.29) is 5.91 Å². The van der Waals surface area contributed by atoms with Gasteiger partial charge in [-0.05, 0) is 43.9 Å². The summed E-state index contributed by atoms with van der Waals surface area (Å²) in [5.41, 5.74) is 5.85. The molecule has 0 unspecified atom stereocenters. The van der Waals surface area contributed by atoms with E-state index in [2.05, 4.69) is 17.7 Å². The molecule has 1 amide bonds. The minimum absolute atomic E-state index is 0.00879. The second-order valence-electron chi connectivity index (χ2n) is 5.46. The van der Waals surface area contributed by atoms with Gasteiger partial charge in [-0.15, -0.1) is 0 Å². The van der Waals surface area contributed by atoms with E-state index >= 15 is 0 Å². The molecule has 0 radical (unpaired) electrons. The molecule has 4 nitrogen and oxygen atoms in total. The molecule has 1 aliphatic heterocycles. The van der Waals surface area contributed by atoms with Gasteiger partial charge in [-0.1, -0.05) is 19.4 Å². The van der Waals surface area contributed by atoms with E-state index in [9.17, 15) is 4.79 Å². The van der Waals surface area contributed by atoms with Crippen LogP contribution in [0.15, 0.2) is 18.2 Å². The van der Waals surface area contributed by atoms with Crippen molar-refractivity contribution in [2.75, 3.05) is 25.0 Å². The van der Waals surface area contributed by atoms with Gasteiger partial charge in [0.25, 0.3) is 5.91 Å². The summed E-state index contributed by atoms with van der Waals surface area (Å²) < 4.78 is 0. The lowest BCUT2D eigenvalue weighted by Gasteiger charge is -2.27. The summed E-state index contributed by atoms with van der Waals surface area (Å²) in [7, 11) is 0. The molecule has 1 fully saturated rings. The van der Waals surface area contributed by atoms with Crippen LogP contribution >= 0.6 is 0 Å². The second kappa shape index (κ2) is 7.29. The molecule has 1 aromatic rings. The van der Waals surface area contributed by atoms with Crippen molar-refractivity contribution in [1.29, 1.82) is 0 Å². The Morgan fingerprint density at radius 1 is 1.25 bits per heavy atom. The number of carbonyl (C=O) groups excluding carboxylic acids is 1. The van der Waals surface area contributed by atoms with E-state index in [1.807, 2.05) is 30.1 Å². The molecule has 110 valence electrons. The zero-order valence-electron chi connectivity index (χ0n) is 12.5. The Bertz CT molecular complexity index is 453. The first-order chi connectivity index (χ1) is 9.70. The quantitative estimate of drug-likeness (QED) is 0.868. The second-order valence-corrected chi connectivity index (χ2v) is 5.46. The molecule has 20 heavy (non-hydrogen) atoms. The molecular formula is C16H25N3O. The lowest BCUT2D eigenvalue weighted by molar-refractivity contribution is 0.0751. The van der Waals surface area contributed by atoms with E-state index in [4.69, 9.17) is 0 Å². The van der Waals surface area contributed by atoms with Crippen LogP contribution in [0.2, 0.25) is 0 Å². The van der Waals surface area contributed by atoms with Crippen LogP contribution in [0, 0.1) is 6.92 Å². The summed E-state index contributed by atoms with van der Waals surface area (Å²) in [4.78, 5) is 12.4. The van der Waals surface area contributed by atoms with Crippen LogP contribution in [0.3, 0.4) is 0 Å². The number of aryl methyl sites for hydroxylation is 1. The van der Waals surface area contributed by atoms with Crippen molar-refractivity contribution in [1.82, 2.24) is 10.4 Å². The number of piperidine rings is 1. The van der Waals surface area contributed by atoms with Gasteiger partial charge in [0.1, 0.15) is 0 Å². The van der Waals surface area contributed by atoms with Crippen molar-refractivity contribution >= 4 is 11.6 Å². The SMILES string of the molecule is CCCNc1cc(C)ccc1C(=O)NN1CCCCC1. The van der Waals surface area contributed by atoms with Gasteiger partial charge in [0, 0.05) is 25.3 Å². The largest absolute Gasteiger partial charge is 0.384 e. The van der Waals surface area contributed by atoms with Gasteiger partial charge in [0.05, 0.1) is 5.56 Å². The number of anilines is 1. The topological polar surface area (TPSA) is 44.4 Å². The molecule has 0 aliphatic carbocycles. The molecular weight excluding hydrogens is 250 g/mol. The van der Waals surface area contributed by atoms with E-state index in [0.717, 1.165) is 55.7 Å². The summed E-state index contributed by atoms with van der Waals surface area (Å²) in [6, 6.07) is 5.94. The summed E-state index contributed by atoms with van der Waals surface area (Å²) >= 11 is 0. The molecule has 2 rings (SSSR count). The third-order valence-corrected chi connectivity index (χ3v) is 3.60. The molecule has 0 bridgehead atoms. The van der Waals surface area contributed by atoms with Crippen LogP contribution < -0.4 is 10.7 Å². The Morgan fingerprint density at radius 2 is 2.00 bits per heavy atom. The highest BCUT2D eigenvalue weighted by Crippen LogP contribution is 2.18. The minimum Gasteiger partial charge on any atom is -0.384 e. The average molecular weight is 275 g/mol. The van der Waals surface area contributed by atoms with Crippen LogP contribution in [0.4, 0.5) is 5.69 Å². The van der Waals surface area contributed by atoms with E-state index in [1.54, 1.807) is 0 Å². The van der Waals surface area contributed by atoms with Gasteiger partial charge in [-0.3, -0.25) is 10.2 Å². The molecule has 0 atom stereocenters. The number of nitrogens with one attached hydrogen (secondary N) is 2. The van der Waals surface area contributed by atoms with Gasteiger partial charge in [0.2, 0.25) is 0 Å². The fraction of sp³-hybridized carbons (Fsp3) is 0.562. The number of hydrogen-bond acceptors (Lipinski definition) is 3. The molecule has 0 aromatic heterocycles. The van der Waals surface area contributed by atoms with Crippen LogP contribution in [0.1, 0.15) is 48.5 Å². The van der Waals surface area contributed by atoms with Gasteiger partial charge < -0.3 is 5.32 Å². The smallest absolute Gasteiger partial charge is 0.267 e. The van der Waals surface area contributed by atoms with E-state index < -0.39 is 0 Å². The number of nitrogens with zero attached hydrogens (tertiary/aromatic N) is 1. The number of carbonyl (C=O) groups is 1. The fourth-order valence-corrected chi connectivity index (χ4v) is 2.47. The highest BCUT2D eigenvalue weighted by Gasteiger charge is 2.16. The number of rotatable bonds is 5. The molecule has 1 saturated heterocycles. The number of amides is 1. The van der Waals surface area contributed by atoms with Gasteiger partial charge >= 0.3 is 0 Å². The predicted octanol–water partition coefficient (Wildman–Crippen LogP) is 2.95. The Morgan fingerprint density at radius 3 is 2.70 bits per heavy atom. The highest BCUT2D eigenvalue weighted by atomic mass is 16.2. The number of hydrazine groups is 1. The zero-order valence-corrected chi connectivity index (χ0v) is 12.5. The third kappa shape index (κ3) is 3.97. The summed E-state index contributed by atoms with van der Waals surface area (Å²) in [6.45, 7) is 6.96. The maximum absolute atomic E-state index is 12.4. The maximum atomic E-state index is 12.4. The minimum atomic E-state index is -0.00879. The first kappa shape index (κ1) is 14.9. The standard InChI is InChI=1S/C16H25N3O/c1-3-9-17-15-12-13(2)7-8-14(15)16(20)18-19-10-5-4-6-11-19/h7-8,12,17H,3-6,9-11H2,1-2H3,(H,18,20). The summed E-state index contributed by atoms with van der Waals surface area (Å²) in [5.74, 6) is -0.00879. The molecule has 4 heteroatoms. The first-order valence-electron chi connectivity index (χ1n) is 7.61. The molecule has 0 saturated carbocycles. The number of hydrogen-bond donors (Lipinski definition) is 2. The van der Waals surface area contributed by atoms with Gasteiger partial charge in [0.15, 0.2) is 0 Å². The Hall–Kier alpha value is -1.55. The van der Waals surface area contributed by atoms with E-state index in [1.165, 1.54) is 6.42 Å². The predicted molar refractivity (Wildman–Crippen MR) is 82.8 cm³/mol. The van der Waals surface area contributed by atoms with Crippen LogP contribution in [0.5, 0.6) is 0 Å². The molecule has 1 aliphatic rings. The van der Waals surface area contributed by atoms with Crippen molar-refractivity contribution < 1.29 is 4.79 Å². The third-order valence-electron chi connectivity index (χ3n) is 3.60. The van der Waals surface area contributed by atoms with Crippen molar-refractivity contribution in [2.24, 2.45) is 0 Å². The first-order valence-corrected chi connectivity index (χ1v) is 7.61. The van der Waals surface area contributed by atoms with Crippen molar-refractivity contribution in [2.45, 2.75) is 39.5 Å². The van der Waals surface area contributed by atoms with Crippen LogP contribution in [-0.2, 0) is 0 Å². The maximum Gasteiger partial charge on any atom is 0.267 e. The van der Waals surface area contributed by atoms with Crippen LogP contribution in [-0.4, -0.2) is 30.6 Å². The highest BCUT2D eigenvalue weighted by molar-refractivity contribution is 5.99. The molecule has 1 aromatic carbocycles. The Kier molecular flexibility index (Phi) is 5.41. The normalized spacial score (nSPS) is 15.9. The summed E-state index contributed by atoms with van der Waals surface area (Å²) in [6.07, 6.45) is 4.63. The zero-order chi connectivity index (χ0) is 14.4. The van der Waals surface area contributed by atoms with Gasteiger partial charge in [-0.25, -0.2) is 5.01 Å². The molecule has 2 N–H and O–H groups in total. The lowest BCUT2D eigenvalue weighted by atomic mass is 10.1. The van der Waals surface area contributed by atoms with Crippen molar-refractivity contribution in [3.8, 4) is 0 Å². The van der Waals surface area contributed by atoms with Crippen LogP contribution in [0.25, 0.3) is 0 Å². The molecule has 1 heterocycles. The Balaban J connectivity index is 2.07. The average Bonchev–Trinajstić information content (AvgIpc) is 2.46. The van der Waals surface area contributed by atoms with Crippen molar-refractivity contribution in [3.05, 3.63) is 29.3 Å². The summed E-state index contributed by atoms with van der Waals surface area (Å²) in [5, 5.41) is 5.38. The van der Waals surface area contributed by atoms with E-state index in [0.29, 0.717) is 0 Å². The van der Waals surface area contributed by atoms with Crippen molar-refractivity contribution in [3.63, 3.8) is 0 Å².